The molecule has 2 atom stereocenters. The van der Waals surface area contributed by atoms with E-state index in [0.29, 0.717) is 24.2 Å². The molecule has 3 aromatic rings. The Balaban J connectivity index is 0.00000225. The summed E-state index contributed by atoms with van der Waals surface area (Å²) in [7, 11) is 0. The first-order chi connectivity index (χ1) is 13.2. The molecule has 4 rings (SSSR count). The summed E-state index contributed by atoms with van der Waals surface area (Å²) < 4.78 is 10.6. The molecule has 0 amide bonds. The molecule has 28 heavy (non-hydrogen) atoms. The second kappa shape index (κ2) is 9.19. The Morgan fingerprint density at radius 2 is 1.86 bits per heavy atom. The van der Waals surface area contributed by atoms with Crippen molar-refractivity contribution in [3.05, 3.63) is 77.4 Å². The Bertz CT molecular complexity index is 870. The molecule has 0 radical (unpaired) electrons. The minimum Gasteiger partial charge on any atom is -0.485 e. The lowest BCUT2D eigenvalue weighted by Crippen LogP contribution is -2.28. The van der Waals surface area contributed by atoms with E-state index in [1.807, 2.05) is 18.2 Å². The molecule has 6 nitrogen and oxygen atoms in total. The molecule has 2 heterocycles. The molecule has 1 aliphatic rings. The lowest BCUT2D eigenvalue weighted by molar-refractivity contribution is 0.285. The van der Waals surface area contributed by atoms with Crippen LogP contribution in [0.25, 0.3) is 0 Å². The van der Waals surface area contributed by atoms with E-state index in [9.17, 15) is 0 Å². The van der Waals surface area contributed by atoms with Crippen molar-refractivity contribution >= 4 is 12.4 Å². The third-order valence-corrected chi connectivity index (χ3v) is 4.94. The first-order valence-corrected chi connectivity index (χ1v) is 9.21. The van der Waals surface area contributed by atoms with E-state index in [-0.39, 0.29) is 18.4 Å². The molecule has 1 fully saturated rings. The molecular formula is C21H25ClN4O2. The van der Waals surface area contributed by atoms with Crippen molar-refractivity contribution in [3.63, 3.8) is 0 Å². The van der Waals surface area contributed by atoms with Gasteiger partial charge in [-0.2, -0.15) is 4.98 Å². The Morgan fingerprint density at radius 3 is 2.54 bits per heavy atom. The molecule has 0 spiro atoms. The molecular weight excluding hydrogens is 376 g/mol. The van der Waals surface area contributed by atoms with Crippen LogP contribution in [0.4, 0.5) is 0 Å². The highest BCUT2D eigenvalue weighted by atomic mass is 35.5. The van der Waals surface area contributed by atoms with Gasteiger partial charge in [0.25, 0.3) is 0 Å². The Labute approximate surface area is 171 Å². The third kappa shape index (κ3) is 4.90. The zero-order valence-electron chi connectivity index (χ0n) is 15.8. The topological polar surface area (TPSA) is 77.4 Å². The zero-order chi connectivity index (χ0) is 18.6. The van der Waals surface area contributed by atoms with Gasteiger partial charge in [0.2, 0.25) is 11.7 Å². The average Bonchev–Trinajstić information content (AvgIpc) is 3.27. The first-order valence-electron chi connectivity index (χ1n) is 9.21. The van der Waals surface area contributed by atoms with Crippen molar-refractivity contribution in [3.8, 4) is 5.75 Å². The number of likely N-dealkylation sites (tertiary alicyclic amines) is 1. The fraction of sp³-hybridized carbons (Fsp3) is 0.333. The molecule has 2 aromatic carbocycles. The lowest BCUT2D eigenvalue weighted by atomic mass is 9.95. The monoisotopic (exact) mass is 400 g/mol. The van der Waals surface area contributed by atoms with Crippen molar-refractivity contribution in [2.45, 2.75) is 32.0 Å². The molecule has 1 aromatic heterocycles. The maximum atomic E-state index is 6.39. The lowest BCUT2D eigenvalue weighted by Gasteiger charge is -2.16. The molecule has 1 saturated heterocycles. The average molecular weight is 401 g/mol. The predicted molar refractivity (Wildman–Crippen MR) is 109 cm³/mol. The molecule has 148 valence electrons. The number of aromatic nitrogens is 2. The summed E-state index contributed by atoms with van der Waals surface area (Å²) in [4.78, 5) is 6.55. The van der Waals surface area contributed by atoms with Crippen LogP contribution in [-0.2, 0) is 13.2 Å². The summed E-state index contributed by atoms with van der Waals surface area (Å²) in [6, 6.07) is 18.9. The smallest absolute Gasteiger partial charge is 0.223 e. The summed E-state index contributed by atoms with van der Waals surface area (Å²) in [5.74, 6) is 2.28. The van der Waals surface area contributed by atoms with Crippen LogP contribution in [0.5, 0.6) is 5.75 Å². The van der Waals surface area contributed by atoms with Crippen molar-refractivity contribution in [1.82, 2.24) is 15.0 Å². The Kier molecular flexibility index (Phi) is 6.67. The van der Waals surface area contributed by atoms with Gasteiger partial charge in [-0.05, 0) is 23.3 Å². The van der Waals surface area contributed by atoms with Crippen molar-refractivity contribution in [2.24, 2.45) is 5.73 Å². The molecule has 0 bridgehead atoms. The molecule has 2 N–H and O–H groups in total. The van der Waals surface area contributed by atoms with Crippen molar-refractivity contribution in [2.75, 3.05) is 13.1 Å². The fourth-order valence-electron chi connectivity index (χ4n) is 3.59. The largest absolute Gasteiger partial charge is 0.485 e. The van der Waals surface area contributed by atoms with Gasteiger partial charge >= 0.3 is 0 Å². The van der Waals surface area contributed by atoms with Crippen LogP contribution in [0.15, 0.2) is 59.1 Å². The van der Waals surface area contributed by atoms with Crippen LogP contribution < -0.4 is 10.5 Å². The van der Waals surface area contributed by atoms with Crippen LogP contribution in [-0.4, -0.2) is 34.2 Å². The summed E-state index contributed by atoms with van der Waals surface area (Å²) in [5, 5.41) is 3.83. The first kappa shape index (κ1) is 20.3. The summed E-state index contributed by atoms with van der Waals surface area (Å²) in [6.45, 7) is 4.85. The zero-order valence-corrected chi connectivity index (χ0v) is 16.6. The van der Waals surface area contributed by atoms with Gasteiger partial charge in [0, 0.05) is 38.5 Å². The fourth-order valence-corrected chi connectivity index (χ4v) is 3.59. The maximum Gasteiger partial charge on any atom is 0.223 e. The summed E-state index contributed by atoms with van der Waals surface area (Å²) >= 11 is 0. The van der Waals surface area contributed by atoms with Crippen LogP contribution >= 0.6 is 12.4 Å². The van der Waals surface area contributed by atoms with E-state index in [4.69, 9.17) is 15.0 Å². The van der Waals surface area contributed by atoms with Crippen LogP contribution in [0.1, 0.15) is 28.8 Å². The van der Waals surface area contributed by atoms with Gasteiger partial charge in [-0.1, -0.05) is 47.6 Å². The second-order valence-corrected chi connectivity index (χ2v) is 7.04. The number of rotatable bonds is 6. The number of halogens is 1. The minimum absolute atomic E-state index is 0. The third-order valence-electron chi connectivity index (χ3n) is 4.94. The number of hydrogen-bond donors (Lipinski definition) is 1. The number of aryl methyl sites for hydroxylation is 1. The van der Waals surface area contributed by atoms with Crippen LogP contribution in [0.3, 0.4) is 0 Å². The van der Waals surface area contributed by atoms with Gasteiger partial charge in [0.1, 0.15) is 5.75 Å². The highest BCUT2D eigenvalue weighted by Crippen LogP contribution is 2.27. The predicted octanol–water partition coefficient (Wildman–Crippen LogP) is 3.31. The molecule has 0 aliphatic carbocycles. The number of hydrogen-bond acceptors (Lipinski definition) is 6. The molecule has 1 aliphatic heterocycles. The van der Waals surface area contributed by atoms with Gasteiger partial charge < -0.3 is 15.0 Å². The summed E-state index contributed by atoms with van der Waals surface area (Å²) in [5.41, 5.74) is 8.97. The summed E-state index contributed by atoms with van der Waals surface area (Å²) in [6.07, 6.45) is 0. The van der Waals surface area contributed by atoms with Crippen molar-refractivity contribution < 1.29 is 9.26 Å². The van der Waals surface area contributed by atoms with Crippen LogP contribution in [0.2, 0.25) is 0 Å². The minimum atomic E-state index is 0. The van der Waals surface area contributed by atoms with E-state index in [1.54, 1.807) is 6.92 Å². The van der Waals surface area contributed by atoms with Gasteiger partial charge in [0.05, 0.1) is 0 Å². The Morgan fingerprint density at radius 1 is 1.11 bits per heavy atom. The molecule has 0 saturated carbocycles. The maximum absolute atomic E-state index is 6.39. The standard InChI is InChI=1S/C21H24N4O2.ClH/c1-15-23-21(24-27-15)14-26-18-9-7-16(8-10-18)11-25-12-19(20(22)13-25)17-5-3-2-4-6-17;/h2-10,19-20H,11-14,22H2,1H3;1H/t19-,20+;/m0./s1. The molecule has 0 unspecified atom stereocenters. The normalized spacial score (nSPS) is 19.4. The highest BCUT2D eigenvalue weighted by Gasteiger charge is 2.30. The SMILES string of the molecule is Cc1nc(COc2ccc(CN3C[C@@H](N)[C@H](c4ccccc4)C3)cc2)no1.Cl. The van der Waals surface area contributed by atoms with E-state index in [2.05, 4.69) is 51.4 Å². The number of ether oxygens (including phenoxy) is 1. The Hall–Kier alpha value is -2.41. The number of nitrogens with zero attached hydrogens (tertiary/aromatic N) is 3. The van der Waals surface area contributed by atoms with Crippen LogP contribution in [0, 0.1) is 6.92 Å². The van der Waals surface area contributed by atoms with Gasteiger partial charge in [-0.25, -0.2) is 0 Å². The second-order valence-electron chi connectivity index (χ2n) is 7.04. The highest BCUT2D eigenvalue weighted by molar-refractivity contribution is 5.85. The van der Waals surface area contributed by atoms with E-state index in [0.717, 1.165) is 25.4 Å². The van der Waals surface area contributed by atoms with Gasteiger partial charge in [0.15, 0.2) is 6.61 Å². The van der Waals surface area contributed by atoms with E-state index in [1.165, 1.54) is 11.1 Å². The van der Waals surface area contributed by atoms with E-state index < -0.39 is 0 Å². The molecule has 7 heteroatoms. The van der Waals surface area contributed by atoms with Gasteiger partial charge in [-0.3, -0.25) is 4.90 Å². The van der Waals surface area contributed by atoms with E-state index >= 15 is 0 Å². The van der Waals surface area contributed by atoms with Gasteiger partial charge in [-0.15, -0.1) is 12.4 Å². The number of benzene rings is 2. The quantitative estimate of drug-likeness (QED) is 0.684. The number of nitrogens with two attached hydrogens (primary N) is 1. The van der Waals surface area contributed by atoms with Crippen molar-refractivity contribution in [1.29, 1.82) is 0 Å².